The van der Waals surface area contributed by atoms with E-state index in [1.807, 2.05) is 20.8 Å². The lowest BCUT2D eigenvalue weighted by molar-refractivity contribution is 0.205. The van der Waals surface area contributed by atoms with Crippen LogP contribution in [0, 0.1) is 0 Å². The van der Waals surface area contributed by atoms with E-state index in [-0.39, 0.29) is 5.03 Å². The van der Waals surface area contributed by atoms with Gasteiger partial charge in [-0.1, -0.05) is 13.8 Å². The van der Waals surface area contributed by atoms with Crippen LogP contribution in [0.3, 0.4) is 0 Å². The molecule has 0 aliphatic rings. The van der Waals surface area contributed by atoms with Gasteiger partial charge in [-0.15, -0.1) is 0 Å². The fraction of sp³-hybridized carbons (Fsp3) is 0.750. The summed E-state index contributed by atoms with van der Waals surface area (Å²) in [6.45, 7) is 6.54. The van der Waals surface area contributed by atoms with Crippen molar-refractivity contribution in [1.82, 2.24) is 14.1 Å². The third-order valence-electron chi connectivity index (χ3n) is 3.56. The zero-order valence-corrected chi connectivity index (χ0v) is 12.9. The standard InChI is InChI=1S/C12H24N4O2S/c1-5-9-16(12(3,6-2)10-13)19(17,18)11-7-8-14-15(11)4/h7-8H,5-6,9-10,13H2,1-4H3. The molecule has 2 N–H and O–H groups in total. The predicted octanol–water partition coefficient (Wildman–Crippen LogP) is 0.948. The largest absolute Gasteiger partial charge is 0.329 e. The first-order valence-corrected chi connectivity index (χ1v) is 7.98. The first-order chi connectivity index (χ1) is 8.83. The highest BCUT2D eigenvalue weighted by molar-refractivity contribution is 7.89. The molecule has 0 bridgehead atoms. The summed E-state index contributed by atoms with van der Waals surface area (Å²) in [5, 5.41) is 4.14. The maximum atomic E-state index is 12.8. The Balaban J connectivity index is 3.30. The lowest BCUT2D eigenvalue weighted by Crippen LogP contribution is -2.54. The monoisotopic (exact) mass is 288 g/mol. The van der Waals surface area contributed by atoms with Crippen LogP contribution in [0.2, 0.25) is 0 Å². The summed E-state index contributed by atoms with van der Waals surface area (Å²) in [5.41, 5.74) is 5.24. The van der Waals surface area contributed by atoms with Crippen LogP contribution in [0.15, 0.2) is 17.3 Å². The summed E-state index contributed by atoms with van der Waals surface area (Å²) in [5.74, 6) is 0. The normalized spacial score (nSPS) is 15.7. The van der Waals surface area contributed by atoms with Crippen LogP contribution in [0.25, 0.3) is 0 Å². The van der Waals surface area contributed by atoms with Crippen LogP contribution in [0.5, 0.6) is 0 Å². The number of aryl methyl sites for hydroxylation is 1. The molecule has 6 nitrogen and oxygen atoms in total. The second-order valence-corrected chi connectivity index (χ2v) is 6.73. The van der Waals surface area contributed by atoms with Crippen LogP contribution in [0.1, 0.15) is 33.6 Å². The molecule has 0 aromatic carbocycles. The molecule has 0 aliphatic carbocycles. The Bertz CT molecular complexity index is 506. The van der Waals surface area contributed by atoms with Crippen molar-refractivity contribution in [3.8, 4) is 0 Å². The van der Waals surface area contributed by atoms with Gasteiger partial charge in [0.25, 0.3) is 10.0 Å². The summed E-state index contributed by atoms with van der Waals surface area (Å²) in [7, 11) is -1.95. The van der Waals surface area contributed by atoms with E-state index in [2.05, 4.69) is 5.10 Å². The van der Waals surface area contributed by atoms with Crippen molar-refractivity contribution < 1.29 is 8.42 Å². The lowest BCUT2D eigenvalue weighted by atomic mass is 9.99. The van der Waals surface area contributed by atoms with Gasteiger partial charge in [0.1, 0.15) is 0 Å². The Kier molecular flexibility index (Phi) is 5.11. The van der Waals surface area contributed by atoms with E-state index in [4.69, 9.17) is 5.73 Å². The van der Waals surface area contributed by atoms with Crippen LogP contribution < -0.4 is 5.73 Å². The van der Waals surface area contributed by atoms with Gasteiger partial charge >= 0.3 is 0 Å². The second-order valence-electron chi connectivity index (χ2n) is 4.92. The van der Waals surface area contributed by atoms with Gasteiger partial charge in [-0.25, -0.2) is 8.42 Å². The first-order valence-electron chi connectivity index (χ1n) is 6.54. The molecule has 0 aliphatic heterocycles. The van der Waals surface area contributed by atoms with Crippen LogP contribution in [-0.4, -0.2) is 41.1 Å². The molecule has 1 aromatic rings. The topological polar surface area (TPSA) is 81.2 Å². The molecule has 0 amide bonds. The minimum absolute atomic E-state index is 0.203. The summed E-state index contributed by atoms with van der Waals surface area (Å²) in [6, 6.07) is 1.52. The molecule has 7 heteroatoms. The molecular formula is C12H24N4O2S. The lowest BCUT2D eigenvalue weighted by Gasteiger charge is -2.38. The molecule has 0 saturated heterocycles. The molecule has 0 saturated carbocycles. The van der Waals surface area contributed by atoms with E-state index in [1.165, 1.54) is 21.3 Å². The van der Waals surface area contributed by atoms with Gasteiger partial charge in [0, 0.05) is 25.7 Å². The second kappa shape index (κ2) is 6.02. The van der Waals surface area contributed by atoms with Crippen molar-refractivity contribution in [2.75, 3.05) is 13.1 Å². The molecule has 1 atom stereocenters. The number of nitrogens with two attached hydrogens (primary N) is 1. The van der Waals surface area contributed by atoms with E-state index in [0.717, 1.165) is 6.42 Å². The molecule has 1 rings (SSSR count). The number of aromatic nitrogens is 2. The average molecular weight is 288 g/mol. The van der Waals surface area contributed by atoms with Crippen molar-refractivity contribution >= 4 is 10.0 Å². The SMILES string of the molecule is CCCN(C(C)(CC)CN)S(=O)(=O)c1ccnn1C. The van der Waals surface area contributed by atoms with E-state index in [0.29, 0.717) is 19.5 Å². The maximum Gasteiger partial charge on any atom is 0.260 e. The van der Waals surface area contributed by atoms with Crippen LogP contribution in [0.4, 0.5) is 0 Å². The van der Waals surface area contributed by atoms with Crippen LogP contribution >= 0.6 is 0 Å². The summed E-state index contributed by atoms with van der Waals surface area (Å²) in [4.78, 5) is 0. The smallest absolute Gasteiger partial charge is 0.260 e. The van der Waals surface area contributed by atoms with Gasteiger partial charge in [0.2, 0.25) is 0 Å². The van der Waals surface area contributed by atoms with E-state index < -0.39 is 15.6 Å². The zero-order valence-electron chi connectivity index (χ0n) is 12.1. The summed E-state index contributed by atoms with van der Waals surface area (Å²) in [6.07, 6.45) is 2.90. The number of hydrogen-bond acceptors (Lipinski definition) is 4. The Labute approximate surface area is 115 Å². The van der Waals surface area contributed by atoms with Gasteiger partial charge < -0.3 is 5.73 Å². The Morgan fingerprint density at radius 1 is 1.47 bits per heavy atom. The number of nitrogens with zero attached hydrogens (tertiary/aromatic N) is 3. The van der Waals surface area contributed by atoms with Gasteiger partial charge in [-0.2, -0.15) is 9.40 Å². The van der Waals surface area contributed by atoms with Gasteiger partial charge in [-0.05, 0) is 25.8 Å². The van der Waals surface area contributed by atoms with Crippen molar-refractivity contribution in [1.29, 1.82) is 0 Å². The van der Waals surface area contributed by atoms with Crippen LogP contribution in [-0.2, 0) is 17.1 Å². The highest BCUT2D eigenvalue weighted by atomic mass is 32.2. The van der Waals surface area contributed by atoms with Crippen molar-refractivity contribution in [2.24, 2.45) is 12.8 Å². The average Bonchev–Trinajstić information content (AvgIpc) is 2.82. The molecule has 0 radical (unpaired) electrons. The molecule has 110 valence electrons. The zero-order chi connectivity index (χ0) is 14.7. The van der Waals surface area contributed by atoms with Crippen molar-refractivity contribution in [3.63, 3.8) is 0 Å². The van der Waals surface area contributed by atoms with Crippen molar-refractivity contribution in [2.45, 2.75) is 44.2 Å². The third-order valence-corrected chi connectivity index (χ3v) is 5.69. The van der Waals surface area contributed by atoms with Crippen molar-refractivity contribution in [3.05, 3.63) is 12.3 Å². The highest BCUT2D eigenvalue weighted by Gasteiger charge is 2.39. The number of rotatable bonds is 7. The quantitative estimate of drug-likeness (QED) is 0.810. The minimum atomic E-state index is -3.58. The predicted molar refractivity (Wildman–Crippen MR) is 75.1 cm³/mol. The Morgan fingerprint density at radius 3 is 2.47 bits per heavy atom. The molecule has 0 spiro atoms. The first kappa shape index (κ1) is 16.1. The minimum Gasteiger partial charge on any atom is -0.329 e. The van der Waals surface area contributed by atoms with Gasteiger partial charge in [0.15, 0.2) is 5.03 Å². The van der Waals surface area contributed by atoms with E-state index >= 15 is 0 Å². The third kappa shape index (κ3) is 2.98. The van der Waals surface area contributed by atoms with Gasteiger partial charge in [-0.3, -0.25) is 4.68 Å². The number of hydrogen-bond donors (Lipinski definition) is 1. The molecule has 1 unspecified atom stereocenters. The number of sulfonamides is 1. The molecular weight excluding hydrogens is 264 g/mol. The summed E-state index contributed by atoms with van der Waals surface area (Å²) < 4.78 is 28.4. The van der Waals surface area contributed by atoms with E-state index in [9.17, 15) is 8.42 Å². The van der Waals surface area contributed by atoms with Gasteiger partial charge in [0.05, 0.1) is 6.20 Å². The Hall–Kier alpha value is -0.920. The summed E-state index contributed by atoms with van der Waals surface area (Å²) >= 11 is 0. The fourth-order valence-corrected chi connectivity index (χ4v) is 4.08. The fourth-order valence-electron chi connectivity index (χ4n) is 2.03. The molecule has 1 aromatic heterocycles. The molecule has 19 heavy (non-hydrogen) atoms. The highest BCUT2D eigenvalue weighted by Crippen LogP contribution is 2.26. The molecule has 0 fully saturated rings. The van der Waals surface area contributed by atoms with E-state index in [1.54, 1.807) is 7.05 Å². The Morgan fingerprint density at radius 2 is 2.11 bits per heavy atom. The molecule has 1 heterocycles. The maximum absolute atomic E-state index is 12.8.